The molecule has 4 nitrogen and oxygen atoms in total. The average Bonchev–Trinajstić information content (AvgIpc) is 2.74. The normalized spacial score (nSPS) is 23.4. The van der Waals surface area contributed by atoms with E-state index in [0.717, 1.165) is 12.8 Å². The van der Waals surface area contributed by atoms with Crippen molar-refractivity contribution >= 4 is 5.91 Å². The van der Waals surface area contributed by atoms with Gasteiger partial charge in [-0.25, -0.2) is 0 Å². The highest BCUT2D eigenvalue weighted by Crippen LogP contribution is 2.25. The third kappa shape index (κ3) is 2.75. The molecule has 0 aliphatic heterocycles. The Bertz CT molecular complexity index is 406. The van der Waals surface area contributed by atoms with E-state index in [0.29, 0.717) is 23.3 Å². The van der Waals surface area contributed by atoms with Crippen molar-refractivity contribution in [2.45, 2.75) is 32.2 Å². The number of hydrogen-bond acceptors (Lipinski definition) is 3. The van der Waals surface area contributed by atoms with Gasteiger partial charge < -0.3 is 10.1 Å². The van der Waals surface area contributed by atoms with Crippen LogP contribution in [0.4, 0.5) is 0 Å². The number of rotatable bonds is 3. The minimum atomic E-state index is -0.0663. The Hall–Kier alpha value is -1.58. The molecule has 0 radical (unpaired) electrons. The molecule has 2 rings (SSSR count). The molecule has 4 heteroatoms. The summed E-state index contributed by atoms with van der Waals surface area (Å²) < 4.78 is 5.13. The van der Waals surface area contributed by atoms with Crippen LogP contribution >= 0.6 is 0 Å². The summed E-state index contributed by atoms with van der Waals surface area (Å²) in [6, 6.07) is 1.99. The Morgan fingerprint density at radius 3 is 3.00 bits per heavy atom. The summed E-state index contributed by atoms with van der Waals surface area (Å²) in [6.45, 7) is 2.22. The second-order valence-electron chi connectivity index (χ2n) is 4.66. The molecule has 17 heavy (non-hydrogen) atoms. The largest absolute Gasteiger partial charge is 0.494 e. The van der Waals surface area contributed by atoms with Gasteiger partial charge in [0.15, 0.2) is 0 Å². The lowest BCUT2D eigenvalue weighted by molar-refractivity contribution is 0.0934. The summed E-state index contributed by atoms with van der Waals surface area (Å²) in [5, 5.41) is 3.05. The third-order valence-electron chi connectivity index (χ3n) is 3.28. The fraction of sp³-hybridized carbons (Fsp3) is 0.538. The molecular formula is C13H18N2O2. The molecule has 1 aliphatic rings. The van der Waals surface area contributed by atoms with E-state index in [4.69, 9.17) is 4.74 Å². The molecule has 1 N–H and O–H groups in total. The van der Waals surface area contributed by atoms with Crippen molar-refractivity contribution in [3.8, 4) is 5.75 Å². The zero-order valence-corrected chi connectivity index (χ0v) is 10.3. The Kier molecular flexibility index (Phi) is 3.61. The van der Waals surface area contributed by atoms with Crippen molar-refractivity contribution in [1.82, 2.24) is 10.3 Å². The maximum Gasteiger partial charge on any atom is 0.255 e. The molecule has 0 spiro atoms. The molecule has 1 amide bonds. The molecule has 1 aliphatic carbocycles. The molecule has 0 saturated heterocycles. The van der Waals surface area contributed by atoms with Gasteiger partial charge in [-0.05, 0) is 31.2 Å². The van der Waals surface area contributed by atoms with Gasteiger partial charge in [-0.15, -0.1) is 0 Å². The SMILES string of the molecule is COc1cnccc1C(=O)NC1CCC(C)C1. The molecule has 1 aromatic heterocycles. The monoisotopic (exact) mass is 234 g/mol. The lowest BCUT2D eigenvalue weighted by Gasteiger charge is -2.13. The smallest absolute Gasteiger partial charge is 0.255 e. The minimum Gasteiger partial charge on any atom is -0.494 e. The topological polar surface area (TPSA) is 51.2 Å². The molecule has 1 fully saturated rings. The quantitative estimate of drug-likeness (QED) is 0.870. The van der Waals surface area contributed by atoms with Crippen molar-refractivity contribution < 1.29 is 9.53 Å². The molecule has 1 heterocycles. The number of hydrogen-bond donors (Lipinski definition) is 1. The zero-order chi connectivity index (χ0) is 12.3. The summed E-state index contributed by atoms with van der Waals surface area (Å²) in [7, 11) is 1.55. The maximum absolute atomic E-state index is 12.1. The standard InChI is InChI=1S/C13H18N2O2/c1-9-3-4-10(7-9)15-13(16)11-5-6-14-8-12(11)17-2/h5-6,8-10H,3-4,7H2,1-2H3,(H,15,16). The fourth-order valence-corrected chi connectivity index (χ4v) is 2.33. The predicted molar refractivity (Wildman–Crippen MR) is 65.1 cm³/mol. The molecule has 2 atom stereocenters. The Labute approximate surface area is 101 Å². The Balaban J connectivity index is 2.04. The number of pyridine rings is 1. The molecule has 0 bridgehead atoms. The van der Waals surface area contributed by atoms with Gasteiger partial charge in [-0.1, -0.05) is 6.92 Å². The minimum absolute atomic E-state index is 0.0663. The van der Waals surface area contributed by atoms with Gasteiger partial charge in [0.05, 0.1) is 18.9 Å². The van der Waals surface area contributed by atoms with E-state index in [1.54, 1.807) is 25.6 Å². The van der Waals surface area contributed by atoms with E-state index < -0.39 is 0 Å². The highest BCUT2D eigenvalue weighted by atomic mass is 16.5. The lowest BCUT2D eigenvalue weighted by Crippen LogP contribution is -2.33. The van der Waals surface area contributed by atoms with Gasteiger partial charge in [0, 0.05) is 12.2 Å². The summed E-state index contributed by atoms with van der Waals surface area (Å²) in [5.74, 6) is 1.17. The summed E-state index contributed by atoms with van der Waals surface area (Å²) in [5.41, 5.74) is 0.557. The van der Waals surface area contributed by atoms with Crippen LogP contribution in [-0.2, 0) is 0 Å². The predicted octanol–water partition coefficient (Wildman–Crippen LogP) is 2.01. The number of carbonyl (C=O) groups is 1. The van der Waals surface area contributed by atoms with Gasteiger partial charge in [0.2, 0.25) is 0 Å². The van der Waals surface area contributed by atoms with Crippen LogP contribution in [0.1, 0.15) is 36.5 Å². The Morgan fingerprint density at radius 1 is 1.53 bits per heavy atom. The van der Waals surface area contributed by atoms with Crippen LogP contribution in [-0.4, -0.2) is 24.0 Å². The number of amides is 1. The van der Waals surface area contributed by atoms with Gasteiger partial charge >= 0.3 is 0 Å². The molecule has 1 aromatic rings. The average molecular weight is 234 g/mol. The van der Waals surface area contributed by atoms with Gasteiger partial charge in [-0.2, -0.15) is 0 Å². The molecule has 2 unspecified atom stereocenters. The first-order valence-corrected chi connectivity index (χ1v) is 5.99. The molecule has 0 aromatic carbocycles. The van der Waals surface area contributed by atoms with E-state index in [9.17, 15) is 4.79 Å². The number of nitrogens with zero attached hydrogens (tertiary/aromatic N) is 1. The molecule has 1 saturated carbocycles. The van der Waals surface area contributed by atoms with Crippen molar-refractivity contribution in [2.75, 3.05) is 7.11 Å². The van der Waals surface area contributed by atoms with Crippen molar-refractivity contribution in [3.05, 3.63) is 24.0 Å². The highest BCUT2D eigenvalue weighted by molar-refractivity contribution is 5.96. The van der Waals surface area contributed by atoms with E-state index in [1.165, 1.54) is 6.42 Å². The first-order chi connectivity index (χ1) is 8.20. The van der Waals surface area contributed by atoms with Gasteiger partial charge in [0.1, 0.15) is 5.75 Å². The van der Waals surface area contributed by atoms with Crippen molar-refractivity contribution in [2.24, 2.45) is 5.92 Å². The van der Waals surface area contributed by atoms with Crippen LogP contribution in [0.3, 0.4) is 0 Å². The van der Waals surface area contributed by atoms with Crippen molar-refractivity contribution in [1.29, 1.82) is 0 Å². The van der Waals surface area contributed by atoms with E-state index in [1.807, 2.05) is 0 Å². The first kappa shape index (κ1) is 11.9. The number of methoxy groups -OCH3 is 1. The van der Waals surface area contributed by atoms with Crippen LogP contribution in [0.2, 0.25) is 0 Å². The van der Waals surface area contributed by atoms with E-state index in [2.05, 4.69) is 17.2 Å². The number of nitrogens with one attached hydrogen (secondary N) is 1. The summed E-state index contributed by atoms with van der Waals surface area (Å²) in [6.07, 6.45) is 6.50. The Morgan fingerprint density at radius 2 is 2.35 bits per heavy atom. The lowest BCUT2D eigenvalue weighted by atomic mass is 10.1. The molecule has 92 valence electrons. The van der Waals surface area contributed by atoms with Crippen LogP contribution < -0.4 is 10.1 Å². The number of carbonyl (C=O) groups excluding carboxylic acids is 1. The molecular weight excluding hydrogens is 216 g/mol. The zero-order valence-electron chi connectivity index (χ0n) is 10.3. The van der Waals surface area contributed by atoms with E-state index >= 15 is 0 Å². The van der Waals surface area contributed by atoms with Crippen LogP contribution in [0, 0.1) is 5.92 Å². The van der Waals surface area contributed by atoms with Crippen molar-refractivity contribution in [3.63, 3.8) is 0 Å². The number of aromatic nitrogens is 1. The van der Waals surface area contributed by atoms with Gasteiger partial charge in [0.25, 0.3) is 5.91 Å². The second kappa shape index (κ2) is 5.17. The summed E-state index contributed by atoms with van der Waals surface area (Å²) >= 11 is 0. The van der Waals surface area contributed by atoms with Gasteiger partial charge in [-0.3, -0.25) is 9.78 Å². The fourth-order valence-electron chi connectivity index (χ4n) is 2.33. The van der Waals surface area contributed by atoms with Crippen LogP contribution in [0.15, 0.2) is 18.5 Å². The second-order valence-corrected chi connectivity index (χ2v) is 4.66. The maximum atomic E-state index is 12.1. The third-order valence-corrected chi connectivity index (χ3v) is 3.28. The highest BCUT2D eigenvalue weighted by Gasteiger charge is 2.24. The van der Waals surface area contributed by atoms with E-state index in [-0.39, 0.29) is 5.91 Å². The number of ether oxygens (including phenoxy) is 1. The summed E-state index contributed by atoms with van der Waals surface area (Å²) in [4.78, 5) is 16.0. The van der Waals surface area contributed by atoms with Crippen LogP contribution in [0.5, 0.6) is 5.75 Å². The first-order valence-electron chi connectivity index (χ1n) is 5.99. The van der Waals surface area contributed by atoms with Crippen LogP contribution in [0.25, 0.3) is 0 Å².